The average Bonchev–Trinajstić information content (AvgIpc) is 2.68. The van der Waals surface area contributed by atoms with Gasteiger partial charge in [-0.15, -0.1) is 0 Å². The zero-order valence-corrected chi connectivity index (χ0v) is 20.5. The van der Waals surface area contributed by atoms with Gasteiger partial charge in [0, 0.05) is 0 Å². The van der Waals surface area contributed by atoms with Crippen LogP contribution in [-0.4, -0.2) is 31.8 Å². The first kappa shape index (κ1) is 26.0. The summed E-state index contributed by atoms with van der Waals surface area (Å²) in [7, 11) is 1.69. The van der Waals surface area contributed by atoms with E-state index in [1.165, 1.54) is 22.5 Å². The molecule has 1 amide bonds. The van der Waals surface area contributed by atoms with Gasteiger partial charge in [-0.3, -0.25) is 0 Å². The number of methoxy groups -OCH3 is 1. The van der Waals surface area contributed by atoms with Crippen LogP contribution >= 0.6 is 0 Å². The number of aryl methyl sites for hydroxylation is 1. The number of nitrogens with one attached hydrogen (secondary N) is 1. The molecule has 4 nitrogen and oxygen atoms in total. The molecule has 0 bridgehead atoms. The van der Waals surface area contributed by atoms with Crippen LogP contribution in [-0.2, 0) is 31.2 Å². The molecule has 1 aromatic rings. The molecule has 0 aliphatic rings. The summed E-state index contributed by atoms with van der Waals surface area (Å²) in [6, 6.07) is 8.32. The van der Waals surface area contributed by atoms with E-state index in [1.54, 1.807) is 7.11 Å². The molecule has 0 aliphatic heterocycles. The number of hydrogen-bond acceptors (Lipinski definition) is 3. The molecule has 5 heteroatoms. The van der Waals surface area contributed by atoms with Crippen LogP contribution < -0.4 is 10.1 Å². The van der Waals surface area contributed by atoms with Gasteiger partial charge in [-0.25, -0.2) is 0 Å². The maximum atomic E-state index is 12.4. The van der Waals surface area contributed by atoms with Crippen molar-refractivity contribution in [3.05, 3.63) is 29.8 Å². The Labute approximate surface area is 184 Å². The Kier molecular flexibility index (Phi) is 12.6. The molecule has 0 heterocycles. The molecule has 2 unspecified atom stereocenters. The standard InChI is InChI=1S/C21H34NO3.C3H7.Cr/c1-7-19(16(2)22-20(23)21(3,4)5)25-15-9-8-10-17-11-13-18(24-6)14-12-17;1-3-2;/h11-14,16,19H,1,7-10,15H2,2-6H3,(H,22,23);1,3H2,2H3;. The molecular formula is C24H41CrNO3. The van der Waals surface area contributed by atoms with E-state index in [2.05, 4.69) is 31.3 Å². The van der Waals surface area contributed by atoms with Gasteiger partial charge in [-0.2, -0.15) is 0 Å². The molecule has 0 saturated carbocycles. The SMILES string of the molecule is CC[CH2][Cr][CH2]CC(OCCCCc1ccc(OC)cc1)C(C)NC(=O)C(C)(C)C. The maximum absolute atomic E-state index is 12.4. The number of benzene rings is 1. The predicted molar refractivity (Wildman–Crippen MR) is 117 cm³/mol. The fourth-order valence-electron chi connectivity index (χ4n) is 2.90. The summed E-state index contributed by atoms with van der Waals surface area (Å²) in [6.45, 7) is 10.9. The van der Waals surface area contributed by atoms with Crippen molar-refractivity contribution in [3.63, 3.8) is 0 Å². The fraction of sp³-hybridized carbons (Fsp3) is 0.708. The van der Waals surface area contributed by atoms with Crippen LogP contribution in [0.1, 0.15) is 65.9 Å². The molecule has 0 saturated heterocycles. The zero-order chi connectivity index (χ0) is 21.7. The van der Waals surface area contributed by atoms with Gasteiger partial charge in [-0.1, -0.05) is 0 Å². The number of carbonyl (C=O) groups excluding carboxylic acids is 1. The minimum atomic E-state index is -0.372. The second-order valence-corrected chi connectivity index (χ2v) is 10.5. The molecule has 1 rings (SSSR count). The number of rotatable bonds is 14. The van der Waals surface area contributed by atoms with Gasteiger partial charge in [0.15, 0.2) is 0 Å². The molecule has 0 radical (unpaired) electrons. The normalized spacial score (nSPS) is 13.7. The van der Waals surface area contributed by atoms with Crippen LogP contribution in [0.15, 0.2) is 24.3 Å². The Morgan fingerprint density at radius 2 is 1.83 bits per heavy atom. The van der Waals surface area contributed by atoms with Gasteiger partial charge < -0.3 is 4.74 Å². The average molecular weight is 444 g/mol. The van der Waals surface area contributed by atoms with Crippen LogP contribution in [0, 0.1) is 5.41 Å². The molecule has 1 aromatic carbocycles. The second kappa shape index (κ2) is 14.1. The Morgan fingerprint density at radius 1 is 1.14 bits per heavy atom. The van der Waals surface area contributed by atoms with Gasteiger partial charge in [0.25, 0.3) is 0 Å². The van der Waals surface area contributed by atoms with Gasteiger partial charge >= 0.3 is 173 Å². The third-order valence-corrected chi connectivity index (χ3v) is 6.75. The van der Waals surface area contributed by atoms with Crippen LogP contribution in [0.5, 0.6) is 5.75 Å². The Morgan fingerprint density at radius 3 is 2.41 bits per heavy atom. The number of carbonyl (C=O) groups is 1. The quantitative estimate of drug-likeness (QED) is 0.377. The predicted octanol–water partition coefficient (Wildman–Crippen LogP) is 5.67. The van der Waals surface area contributed by atoms with E-state index < -0.39 is 0 Å². The summed E-state index contributed by atoms with van der Waals surface area (Å²) < 4.78 is 11.5. The van der Waals surface area contributed by atoms with Gasteiger partial charge in [0.2, 0.25) is 0 Å². The Hall–Kier alpha value is -1.02. The summed E-state index contributed by atoms with van der Waals surface area (Å²) >= 11 is 0.679. The van der Waals surface area contributed by atoms with Crippen molar-refractivity contribution in [2.45, 2.75) is 89.4 Å². The summed E-state index contributed by atoms with van der Waals surface area (Å²) in [5, 5.41) is 5.71. The van der Waals surface area contributed by atoms with Gasteiger partial charge in [0.1, 0.15) is 0 Å². The van der Waals surface area contributed by atoms with E-state index in [0.29, 0.717) is 15.2 Å². The molecule has 0 fully saturated rings. The molecule has 1 N–H and O–H groups in total. The topological polar surface area (TPSA) is 47.6 Å². The van der Waals surface area contributed by atoms with E-state index in [4.69, 9.17) is 9.47 Å². The van der Waals surface area contributed by atoms with Crippen LogP contribution in [0.2, 0.25) is 10.6 Å². The summed E-state index contributed by atoms with van der Waals surface area (Å²) in [5.74, 6) is 0.994. The van der Waals surface area contributed by atoms with E-state index in [9.17, 15) is 4.79 Å². The zero-order valence-electron chi connectivity index (χ0n) is 19.3. The molecular weight excluding hydrogens is 402 g/mol. The number of hydrogen-bond donors (Lipinski definition) is 1. The van der Waals surface area contributed by atoms with Gasteiger partial charge in [-0.05, 0) is 0 Å². The van der Waals surface area contributed by atoms with E-state index in [0.717, 1.165) is 38.0 Å². The van der Waals surface area contributed by atoms with Crippen LogP contribution in [0.4, 0.5) is 0 Å². The minimum absolute atomic E-state index is 0.0424. The van der Waals surface area contributed by atoms with Crippen molar-refractivity contribution < 1.29 is 29.5 Å². The number of unbranched alkanes of at least 4 members (excludes halogenated alkanes) is 1. The Balaban J connectivity index is 2.43. The number of ether oxygens (including phenoxy) is 2. The van der Waals surface area contributed by atoms with Crippen molar-refractivity contribution in [1.82, 2.24) is 5.32 Å². The van der Waals surface area contributed by atoms with Crippen molar-refractivity contribution in [3.8, 4) is 5.75 Å². The van der Waals surface area contributed by atoms with Gasteiger partial charge in [0.05, 0.1) is 7.11 Å². The second-order valence-electron chi connectivity index (χ2n) is 8.63. The van der Waals surface area contributed by atoms with Crippen molar-refractivity contribution in [1.29, 1.82) is 0 Å². The third-order valence-electron chi connectivity index (χ3n) is 4.84. The molecule has 0 aliphatic carbocycles. The first-order chi connectivity index (χ1) is 13.8. The molecule has 2 atom stereocenters. The summed E-state index contributed by atoms with van der Waals surface area (Å²) in [4.78, 5) is 12.4. The van der Waals surface area contributed by atoms with E-state index in [-0.39, 0.29) is 23.5 Å². The third kappa shape index (κ3) is 11.1. The summed E-state index contributed by atoms with van der Waals surface area (Å²) in [5.41, 5.74) is 0.957. The number of amides is 1. The van der Waals surface area contributed by atoms with Crippen LogP contribution in [0.3, 0.4) is 0 Å². The first-order valence-electron chi connectivity index (χ1n) is 10.9. The monoisotopic (exact) mass is 443 g/mol. The molecule has 166 valence electrons. The van der Waals surface area contributed by atoms with Crippen molar-refractivity contribution >= 4 is 5.91 Å². The molecule has 0 spiro atoms. The fourth-order valence-corrected chi connectivity index (χ4v) is 4.29. The summed E-state index contributed by atoms with van der Waals surface area (Å²) in [6.07, 6.45) is 5.57. The van der Waals surface area contributed by atoms with Crippen LogP contribution in [0.25, 0.3) is 0 Å². The molecule has 29 heavy (non-hydrogen) atoms. The van der Waals surface area contributed by atoms with E-state index >= 15 is 0 Å². The van der Waals surface area contributed by atoms with Crippen molar-refractivity contribution in [2.75, 3.05) is 13.7 Å². The molecule has 0 aromatic heterocycles. The van der Waals surface area contributed by atoms with E-state index in [1.807, 2.05) is 32.9 Å². The first-order valence-corrected chi connectivity index (χ1v) is 12.7. The van der Waals surface area contributed by atoms with Crippen molar-refractivity contribution in [2.24, 2.45) is 5.41 Å². The Bertz CT molecular complexity index is 568.